The van der Waals surface area contributed by atoms with Crippen molar-refractivity contribution in [2.45, 2.75) is 39.2 Å². The van der Waals surface area contributed by atoms with Crippen LogP contribution in [-0.4, -0.2) is 36.2 Å². The SMILES string of the molecule is CCCC(C)(O)CNC(=O)[C@@H]1CNC[C@H]1C. The Balaban J connectivity index is 2.34. The van der Waals surface area contributed by atoms with Crippen molar-refractivity contribution in [3.8, 4) is 0 Å². The molecule has 0 aromatic rings. The third-order valence-corrected chi connectivity index (χ3v) is 3.29. The average molecular weight is 228 g/mol. The maximum Gasteiger partial charge on any atom is 0.224 e. The largest absolute Gasteiger partial charge is 0.388 e. The Morgan fingerprint density at radius 2 is 2.25 bits per heavy atom. The summed E-state index contributed by atoms with van der Waals surface area (Å²) in [6, 6.07) is 0. The molecule has 0 aromatic carbocycles. The fourth-order valence-corrected chi connectivity index (χ4v) is 2.20. The van der Waals surface area contributed by atoms with Gasteiger partial charge in [-0.05, 0) is 25.8 Å². The summed E-state index contributed by atoms with van der Waals surface area (Å²) in [4.78, 5) is 11.8. The fraction of sp³-hybridized carbons (Fsp3) is 0.917. The molecule has 0 saturated carbocycles. The molecule has 1 rings (SSSR count). The van der Waals surface area contributed by atoms with E-state index in [0.29, 0.717) is 18.9 Å². The number of hydrogen-bond acceptors (Lipinski definition) is 3. The molecule has 0 aromatic heterocycles. The van der Waals surface area contributed by atoms with E-state index < -0.39 is 5.60 Å². The fourth-order valence-electron chi connectivity index (χ4n) is 2.20. The Kier molecular flexibility index (Phi) is 4.74. The molecule has 3 N–H and O–H groups in total. The van der Waals surface area contributed by atoms with Crippen molar-refractivity contribution >= 4 is 5.91 Å². The maximum absolute atomic E-state index is 11.8. The lowest BCUT2D eigenvalue weighted by atomic mass is 9.96. The lowest BCUT2D eigenvalue weighted by molar-refractivity contribution is -0.126. The highest BCUT2D eigenvalue weighted by molar-refractivity contribution is 5.79. The molecule has 1 fully saturated rings. The van der Waals surface area contributed by atoms with Gasteiger partial charge in [0.15, 0.2) is 0 Å². The third kappa shape index (κ3) is 3.76. The van der Waals surface area contributed by atoms with Crippen LogP contribution in [0, 0.1) is 11.8 Å². The smallest absolute Gasteiger partial charge is 0.224 e. The van der Waals surface area contributed by atoms with Crippen molar-refractivity contribution in [1.82, 2.24) is 10.6 Å². The van der Waals surface area contributed by atoms with Gasteiger partial charge in [0.1, 0.15) is 0 Å². The topological polar surface area (TPSA) is 61.4 Å². The number of aliphatic hydroxyl groups is 1. The number of carbonyl (C=O) groups excluding carboxylic acids is 1. The van der Waals surface area contributed by atoms with Crippen molar-refractivity contribution in [3.63, 3.8) is 0 Å². The zero-order valence-corrected chi connectivity index (χ0v) is 10.5. The lowest BCUT2D eigenvalue weighted by Crippen LogP contribution is -2.44. The van der Waals surface area contributed by atoms with Crippen LogP contribution in [0.15, 0.2) is 0 Å². The summed E-state index contributed by atoms with van der Waals surface area (Å²) in [5.41, 5.74) is -0.778. The van der Waals surface area contributed by atoms with E-state index in [0.717, 1.165) is 19.5 Å². The molecule has 16 heavy (non-hydrogen) atoms. The second kappa shape index (κ2) is 5.64. The predicted molar refractivity (Wildman–Crippen MR) is 64.1 cm³/mol. The first-order valence-electron chi connectivity index (χ1n) is 6.17. The molecule has 4 nitrogen and oxygen atoms in total. The Hall–Kier alpha value is -0.610. The number of amides is 1. The quantitative estimate of drug-likeness (QED) is 0.642. The van der Waals surface area contributed by atoms with Crippen LogP contribution in [0.1, 0.15) is 33.6 Å². The summed E-state index contributed by atoms with van der Waals surface area (Å²) in [5, 5.41) is 16.0. The van der Waals surface area contributed by atoms with Crippen LogP contribution in [0.3, 0.4) is 0 Å². The normalized spacial score (nSPS) is 28.8. The molecular weight excluding hydrogens is 204 g/mol. The van der Waals surface area contributed by atoms with Crippen LogP contribution < -0.4 is 10.6 Å². The van der Waals surface area contributed by atoms with Gasteiger partial charge in [0.05, 0.1) is 11.5 Å². The average Bonchev–Trinajstić information content (AvgIpc) is 2.61. The summed E-state index contributed by atoms with van der Waals surface area (Å²) < 4.78 is 0. The Morgan fingerprint density at radius 3 is 2.75 bits per heavy atom. The molecule has 1 saturated heterocycles. The summed E-state index contributed by atoms with van der Waals surface area (Å²) in [5.74, 6) is 0.502. The molecule has 0 aliphatic carbocycles. The molecule has 1 aliphatic rings. The van der Waals surface area contributed by atoms with E-state index in [1.54, 1.807) is 6.92 Å². The number of nitrogens with one attached hydrogen (secondary N) is 2. The van der Waals surface area contributed by atoms with Gasteiger partial charge in [-0.2, -0.15) is 0 Å². The Morgan fingerprint density at radius 1 is 1.56 bits per heavy atom. The van der Waals surface area contributed by atoms with Crippen LogP contribution in [0.5, 0.6) is 0 Å². The second-order valence-electron chi connectivity index (χ2n) is 5.21. The van der Waals surface area contributed by atoms with Gasteiger partial charge in [-0.25, -0.2) is 0 Å². The van der Waals surface area contributed by atoms with Crippen LogP contribution in [0.25, 0.3) is 0 Å². The summed E-state index contributed by atoms with van der Waals surface area (Å²) in [6.07, 6.45) is 1.63. The minimum Gasteiger partial charge on any atom is -0.388 e. The zero-order chi connectivity index (χ0) is 12.2. The molecule has 3 atom stereocenters. The Bertz CT molecular complexity index is 241. The minimum atomic E-state index is -0.778. The van der Waals surface area contributed by atoms with Gasteiger partial charge in [-0.1, -0.05) is 20.3 Å². The molecule has 1 unspecified atom stereocenters. The predicted octanol–water partition coefficient (Wildman–Crippen LogP) is 0.509. The van der Waals surface area contributed by atoms with Crippen LogP contribution >= 0.6 is 0 Å². The van der Waals surface area contributed by atoms with Crippen LogP contribution in [-0.2, 0) is 4.79 Å². The third-order valence-electron chi connectivity index (χ3n) is 3.29. The van der Waals surface area contributed by atoms with Crippen molar-refractivity contribution in [3.05, 3.63) is 0 Å². The van der Waals surface area contributed by atoms with Gasteiger partial charge >= 0.3 is 0 Å². The lowest BCUT2D eigenvalue weighted by Gasteiger charge is -2.24. The number of rotatable bonds is 5. The van der Waals surface area contributed by atoms with E-state index >= 15 is 0 Å². The summed E-state index contributed by atoms with van der Waals surface area (Å²) >= 11 is 0. The first-order chi connectivity index (χ1) is 7.46. The first-order valence-corrected chi connectivity index (χ1v) is 6.17. The van der Waals surface area contributed by atoms with Crippen LogP contribution in [0.2, 0.25) is 0 Å². The van der Waals surface area contributed by atoms with Crippen molar-refractivity contribution < 1.29 is 9.90 Å². The standard InChI is InChI=1S/C12H24N2O2/c1-4-5-12(3,16)8-14-11(15)10-7-13-6-9(10)2/h9-10,13,16H,4-8H2,1-3H3,(H,14,15)/t9-,10-,12?/m1/s1. The van der Waals surface area contributed by atoms with E-state index in [9.17, 15) is 9.90 Å². The van der Waals surface area contributed by atoms with Crippen molar-refractivity contribution in [2.75, 3.05) is 19.6 Å². The van der Waals surface area contributed by atoms with Gasteiger partial charge in [0.25, 0.3) is 0 Å². The van der Waals surface area contributed by atoms with Gasteiger partial charge in [-0.15, -0.1) is 0 Å². The molecule has 0 bridgehead atoms. The molecule has 4 heteroatoms. The highest BCUT2D eigenvalue weighted by Gasteiger charge is 2.30. The molecular formula is C12H24N2O2. The molecule has 1 amide bonds. The molecule has 1 heterocycles. The van der Waals surface area contributed by atoms with E-state index in [4.69, 9.17) is 0 Å². The van der Waals surface area contributed by atoms with Gasteiger partial charge in [0.2, 0.25) is 5.91 Å². The van der Waals surface area contributed by atoms with E-state index in [1.165, 1.54) is 0 Å². The van der Waals surface area contributed by atoms with E-state index in [2.05, 4.69) is 17.6 Å². The van der Waals surface area contributed by atoms with Crippen molar-refractivity contribution in [1.29, 1.82) is 0 Å². The van der Waals surface area contributed by atoms with Gasteiger partial charge < -0.3 is 15.7 Å². The highest BCUT2D eigenvalue weighted by Crippen LogP contribution is 2.16. The highest BCUT2D eigenvalue weighted by atomic mass is 16.3. The summed E-state index contributed by atoms with van der Waals surface area (Å²) in [6.45, 7) is 7.88. The monoisotopic (exact) mass is 228 g/mol. The van der Waals surface area contributed by atoms with Gasteiger partial charge in [-0.3, -0.25) is 4.79 Å². The van der Waals surface area contributed by atoms with E-state index in [1.807, 2.05) is 6.92 Å². The summed E-state index contributed by atoms with van der Waals surface area (Å²) in [7, 11) is 0. The molecule has 94 valence electrons. The number of carbonyl (C=O) groups is 1. The molecule has 0 radical (unpaired) electrons. The van der Waals surface area contributed by atoms with E-state index in [-0.39, 0.29) is 11.8 Å². The van der Waals surface area contributed by atoms with Crippen molar-refractivity contribution in [2.24, 2.45) is 11.8 Å². The first kappa shape index (κ1) is 13.5. The maximum atomic E-state index is 11.8. The second-order valence-corrected chi connectivity index (χ2v) is 5.21. The van der Waals surface area contributed by atoms with Crippen LogP contribution in [0.4, 0.5) is 0 Å². The number of hydrogen-bond donors (Lipinski definition) is 3. The Labute approximate surface area is 97.8 Å². The minimum absolute atomic E-state index is 0.0532. The van der Waals surface area contributed by atoms with Gasteiger partial charge in [0, 0.05) is 13.1 Å². The molecule has 1 aliphatic heterocycles. The molecule has 0 spiro atoms. The zero-order valence-electron chi connectivity index (χ0n) is 10.5.